The van der Waals surface area contributed by atoms with Gasteiger partial charge in [-0.1, -0.05) is 11.6 Å². The fourth-order valence-electron chi connectivity index (χ4n) is 2.44. The summed E-state index contributed by atoms with van der Waals surface area (Å²) < 4.78 is 5.63. The van der Waals surface area contributed by atoms with Crippen molar-refractivity contribution in [1.82, 2.24) is 10.6 Å². The Bertz CT molecular complexity index is 630. The first kappa shape index (κ1) is 12.5. The number of aryl methyl sites for hydroxylation is 1. The summed E-state index contributed by atoms with van der Waals surface area (Å²) in [6, 6.07) is 5.56. The zero-order valence-electron chi connectivity index (χ0n) is 10.6. The Labute approximate surface area is 116 Å². The molecular weight excluding hydrogens is 264 g/mol. The van der Waals surface area contributed by atoms with Gasteiger partial charge in [-0.05, 0) is 38.1 Å². The van der Waals surface area contributed by atoms with E-state index in [4.69, 9.17) is 16.0 Å². The molecule has 1 atom stereocenters. The van der Waals surface area contributed by atoms with E-state index in [9.17, 15) is 4.79 Å². The lowest BCUT2D eigenvalue weighted by atomic mass is 10.1. The van der Waals surface area contributed by atoms with Crippen LogP contribution >= 0.6 is 11.6 Å². The van der Waals surface area contributed by atoms with Crippen LogP contribution in [-0.2, 0) is 0 Å². The highest BCUT2D eigenvalue weighted by molar-refractivity contribution is 6.31. The van der Waals surface area contributed by atoms with E-state index in [0.29, 0.717) is 16.4 Å². The van der Waals surface area contributed by atoms with Gasteiger partial charge >= 0.3 is 0 Å². The molecule has 3 rings (SSSR count). The summed E-state index contributed by atoms with van der Waals surface area (Å²) in [5.74, 6) is 0.225. The van der Waals surface area contributed by atoms with Gasteiger partial charge in [-0.25, -0.2) is 0 Å². The summed E-state index contributed by atoms with van der Waals surface area (Å²) in [7, 11) is 0. The minimum Gasteiger partial charge on any atom is -0.451 e. The highest BCUT2D eigenvalue weighted by Gasteiger charge is 2.22. The van der Waals surface area contributed by atoms with Gasteiger partial charge in [0.1, 0.15) is 5.58 Å². The Kier molecular flexibility index (Phi) is 3.21. The molecule has 0 bridgehead atoms. The van der Waals surface area contributed by atoms with E-state index in [2.05, 4.69) is 10.6 Å². The largest absolute Gasteiger partial charge is 0.451 e. The first-order chi connectivity index (χ1) is 9.15. The molecule has 1 aliphatic rings. The molecule has 19 heavy (non-hydrogen) atoms. The second-order valence-corrected chi connectivity index (χ2v) is 5.30. The lowest BCUT2D eigenvalue weighted by molar-refractivity contribution is 0.0913. The topological polar surface area (TPSA) is 54.3 Å². The molecule has 1 fully saturated rings. The number of carbonyl (C=O) groups excluding carboxylic acids is 1. The summed E-state index contributed by atoms with van der Waals surface area (Å²) in [6.45, 7) is 3.64. The Morgan fingerprint density at radius 3 is 3.11 bits per heavy atom. The zero-order valence-corrected chi connectivity index (χ0v) is 11.4. The highest BCUT2D eigenvalue weighted by Crippen LogP contribution is 2.27. The van der Waals surface area contributed by atoms with Gasteiger partial charge in [0.25, 0.3) is 5.91 Å². The molecule has 0 aliphatic carbocycles. The number of amides is 1. The van der Waals surface area contributed by atoms with Gasteiger partial charge in [-0.2, -0.15) is 0 Å². The normalized spacial score (nSPS) is 18.9. The number of nitrogens with one attached hydrogen (secondary N) is 2. The quantitative estimate of drug-likeness (QED) is 0.887. The van der Waals surface area contributed by atoms with Gasteiger partial charge in [-0.15, -0.1) is 0 Å². The van der Waals surface area contributed by atoms with Crippen molar-refractivity contribution in [2.45, 2.75) is 19.4 Å². The number of fused-ring (bicyclic) bond motifs is 1. The van der Waals surface area contributed by atoms with E-state index in [1.807, 2.05) is 13.0 Å². The van der Waals surface area contributed by atoms with E-state index in [1.54, 1.807) is 12.1 Å². The van der Waals surface area contributed by atoms with Crippen LogP contribution in [0.3, 0.4) is 0 Å². The number of halogens is 1. The summed E-state index contributed by atoms with van der Waals surface area (Å²) >= 11 is 5.97. The maximum atomic E-state index is 12.2. The standard InChI is InChI=1S/C14H15ClN2O2/c1-8-11-6-9(15)2-3-12(11)19-13(8)14(18)17-10-4-5-16-7-10/h2-3,6,10,16H,4-5,7H2,1H3,(H,17,18). The summed E-state index contributed by atoms with van der Waals surface area (Å²) in [6.07, 6.45) is 0.955. The average Bonchev–Trinajstić information content (AvgIpc) is 2.98. The summed E-state index contributed by atoms with van der Waals surface area (Å²) in [5, 5.41) is 7.73. The Balaban J connectivity index is 1.91. The first-order valence-corrected chi connectivity index (χ1v) is 6.73. The van der Waals surface area contributed by atoms with Crippen LogP contribution in [0.5, 0.6) is 0 Å². The van der Waals surface area contributed by atoms with Gasteiger partial charge in [0, 0.05) is 28.6 Å². The third-order valence-electron chi connectivity index (χ3n) is 3.50. The van der Waals surface area contributed by atoms with Crippen LogP contribution in [0, 0.1) is 6.92 Å². The molecule has 1 aliphatic heterocycles. The predicted octanol–water partition coefficient (Wildman–Crippen LogP) is 2.49. The van der Waals surface area contributed by atoms with Crippen molar-refractivity contribution in [2.24, 2.45) is 0 Å². The van der Waals surface area contributed by atoms with Crippen LogP contribution in [-0.4, -0.2) is 25.0 Å². The van der Waals surface area contributed by atoms with Crippen molar-refractivity contribution in [3.8, 4) is 0 Å². The minimum absolute atomic E-state index is 0.154. The van der Waals surface area contributed by atoms with Crippen LogP contribution in [0.2, 0.25) is 5.02 Å². The average molecular weight is 279 g/mol. The lowest BCUT2D eigenvalue weighted by Crippen LogP contribution is -2.36. The van der Waals surface area contributed by atoms with Crippen LogP contribution in [0.15, 0.2) is 22.6 Å². The molecule has 0 saturated carbocycles. The summed E-state index contributed by atoms with van der Waals surface area (Å²) in [5.41, 5.74) is 1.53. The second-order valence-electron chi connectivity index (χ2n) is 4.86. The molecule has 1 amide bonds. The first-order valence-electron chi connectivity index (χ1n) is 6.35. The third kappa shape index (κ3) is 2.33. The molecule has 1 unspecified atom stereocenters. The molecule has 5 heteroatoms. The van der Waals surface area contributed by atoms with Gasteiger partial charge in [0.15, 0.2) is 5.76 Å². The third-order valence-corrected chi connectivity index (χ3v) is 3.74. The molecule has 100 valence electrons. The second kappa shape index (κ2) is 4.87. The smallest absolute Gasteiger partial charge is 0.287 e. The van der Waals surface area contributed by atoms with Gasteiger partial charge in [0.05, 0.1) is 0 Å². The fourth-order valence-corrected chi connectivity index (χ4v) is 2.61. The number of furan rings is 1. The maximum Gasteiger partial charge on any atom is 0.287 e. The van der Waals surface area contributed by atoms with Crippen molar-refractivity contribution in [3.63, 3.8) is 0 Å². The predicted molar refractivity (Wildman–Crippen MR) is 74.7 cm³/mol. The summed E-state index contributed by atoms with van der Waals surface area (Å²) in [4.78, 5) is 12.2. The monoisotopic (exact) mass is 278 g/mol. The molecule has 1 saturated heterocycles. The molecule has 1 aromatic heterocycles. The lowest BCUT2D eigenvalue weighted by Gasteiger charge is -2.09. The minimum atomic E-state index is -0.154. The van der Waals surface area contributed by atoms with E-state index >= 15 is 0 Å². The van der Waals surface area contributed by atoms with Gasteiger partial charge in [-0.3, -0.25) is 4.79 Å². The maximum absolute atomic E-state index is 12.2. The molecule has 2 heterocycles. The van der Waals surface area contributed by atoms with Crippen LogP contribution < -0.4 is 10.6 Å². The van der Waals surface area contributed by atoms with Crippen molar-refractivity contribution >= 4 is 28.5 Å². The van der Waals surface area contributed by atoms with Gasteiger partial charge < -0.3 is 15.1 Å². The molecule has 1 aromatic carbocycles. The molecule has 0 spiro atoms. The Hall–Kier alpha value is -1.52. The van der Waals surface area contributed by atoms with Crippen molar-refractivity contribution in [1.29, 1.82) is 0 Å². The van der Waals surface area contributed by atoms with E-state index in [1.165, 1.54) is 0 Å². The number of benzene rings is 1. The van der Waals surface area contributed by atoms with Crippen molar-refractivity contribution in [2.75, 3.05) is 13.1 Å². The molecule has 0 radical (unpaired) electrons. The van der Waals surface area contributed by atoms with Gasteiger partial charge in [0.2, 0.25) is 0 Å². The van der Waals surface area contributed by atoms with E-state index < -0.39 is 0 Å². The molecule has 4 nitrogen and oxygen atoms in total. The Morgan fingerprint density at radius 1 is 1.53 bits per heavy atom. The van der Waals surface area contributed by atoms with Crippen LogP contribution in [0.1, 0.15) is 22.5 Å². The molecular formula is C14H15ClN2O2. The van der Waals surface area contributed by atoms with Crippen LogP contribution in [0.4, 0.5) is 0 Å². The molecule has 2 N–H and O–H groups in total. The highest BCUT2D eigenvalue weighted by atomic mass is 35.5. The van der Waals surface area contributed by atoms with Crippen molar-refractivity contribution in [3.05, 3.63) is 34.5 Å². The number of rotatable bonds is 2. The zero-order chi connectivity index (χ0) is 13.4. The number of hydrogen-bond donors (Lipinski definition) is 2. The molecule has 2 aromatic rings. The number of hydrogen-bond acceptors (Lipinski definition) is 3. The van der Waals surface area contributed by atoms with Crippen LogP contribution in [0.25, 0.3) is 11.0 Å². The van der Waals surface area contributed by atoms with E-state index in [-0.39, 0.29) is 11.9 Å². The van der Waals surface area contributed by atoms with Crippen molar-refractivity contribution < 1.29 is 9.21 Å². The Morgan fingerprint density at radius 2 is 2.37 bits per heavy atom. The SMILES string of the molecule is Cc1c(C(=O)NC2CCNC2)oc2ccc(Cl)cc12. The number of carbonyl (C=O) groups is 1. The fraction of sp³-hybridized carbons (Fsp3) is 0.357. The van der Waals surface area contributed by atoms with E-state index in [0.717, 1.165) is 30.5 Å².